The van der Waals surface area contributed by atoms with E-state index in [1.54, 1.807) is 13.3 Å². The van der Waals surface area contributed by atoms with E-state index in [2.05, 4.69) is 12.0 Å². The molecule has 0 fully saturated rings. The van der Waals surface area contributed by atoms with Crippen molar-refractivity contribution in [3.8, 4) is 5.75 Å². The Balaban J connectivity index is 2.60. The van der Waals surface area contributed by atoms with E-state index in [-0.39, 0.29) is 0 Å². The Morgan fingerprint density at radius 1 is 1.35 bits per heavy atom. The van der Waals surface area contributed by atoms with Crippen LogP contribution in [-0.2, 0) is 6.54 Å². The van der Waals surface area contributed by atoms with Crippen LogP contribution < -0.4 is 4.74 Å². The lowest BCUT2D eigenvalue weighted by atomic mass is 10.1. The molecule has 1 aromatic heterocycles. The van der Waals surface area contributed by atoms with Gasteiger partial charge in [-0.3, -0.25) is 4.68 Å². The quantitative estimate of drug-likeness (QED) is 0.711. The summed E-state index contributed by atoms with van der Waals surface area (Å²) >= 11 is 0. The van der Waals surface area contributed by atoms with Gasteiger partial charge in [-0.1, -0.05) is 32.6 Å². The molecule has 0 aromatic carbocycles. The van der Waals surface area contributed by atoms with Crippen molar-refractivity contribution in [1.29, 1.82) is 0 Å². The Kier molecular flexibility index (Phi) is 6.05. The van der Waals surface area contributed by atoms with Gasteiger partial charge < -0.3 is 9.84 Å². The second kappa shape index (κ2) is 7.33. The number of methoxy groups -OCH3 is 1. The molecule has 0 spiro atoms. The standard InChI is InChI=1S/C13H24N2O2/c1-4-6-7-8-9-11(16)13-12(17-3)10-14-15(13)5-2/h10-11,16H,4-9H2,1-3H3. The smallest absolute Gasteiger partial charge is 0.162 e. The number of hydrogen-bond acceptors (Lipinski definition) is 3. The van der Waals surface area contributed by atoms with Gasteiger partial charge >= 0.3 is 0 Å². The number of nitrogens with zero attached hydrogens (tertiary/aromatic N) is 2. The third-order valence-electron chi connectivity index (χ3n) is 3.01. The van der Waals surface area contributed by atoms with Crippen molar-refractivity contribution in [2.45, 2.75) is 58.6 Å². The Hall–Kier alpha value is -1.03. The van der Waals surface area contributed by atoms with Crippen LogP contribution >= 0.6 is 0 Å². The molecule has 1 atom stereocenters. The molecule has 1 heterocycles. The van der Waals surface area contributed by atoms with Crippen LogP contribution in [-0.4, -0.2) is 22.0 Å². The van der Waals surface area contributed by atoms with Crippen molar-refractivity contribution in [2.24, 2.45) is 0 Å². The summed E-state index contributed by atoms with van der Waals surface area (Å²) in [4.78, 5) is 0. The monoisotopic (exact) mass is 240 g/mol. The molecule has 1 unspecified atom stereocenters. The van der Waals surface area contributed by atoms with Gasteiger partial charge in [0.1, 0.15) is 5.69 Å². The van der Waals surface area contributed by atoms with E-state index in [1.807, 2.05) is 11.6 Å². The highest BCUT2D eigenvalue weighted by molar-refractivity contribution is 5.27. The zero-order valence-corrected chi connectivity index (χ0v) is 11.1. The summed E-state index contributed by atoms with van der Waals surface area (Å²) in [5, 5.41) is 14.4. The number of aryl methyl sites for hydroxylation is 1. The van der Waals surface area contributed by atoms with Gasteiger partial charge in [0, 0.05) is 6.54 Å². The molecular weight excluding hydrogens is 216 g/mol. The van der Waals surface area contributed by atoms with Crippen LogP contribution in [0.5, 0.6) is 5.75 Å². The van der Waals surface area contributed by atoms with Crippen molar-refractivity contribution in [3.63, 3.8) is 0 Å². The molecule has 17 heavy (non-hydrogen) atoms. The Morgan fingerprint density at radius 2 is 2.12 bits per heavy atom. The highest BCUT2D eigenvalue weighted by atomic mass is 16.5. The molecule has 1 aromatic rings. The summed E-state index contributed by atoms with van der Waals surface area (Å²) in [5.74, 6) is 0.690. The summed E-state index contributed by atoms with van der Waals surface area (Å²) in [7, 11) is 1.62. The first-order valence-electron chi connectivity index (χ1n) is 6.52. The van der Waals surface area contributed by atoms with Gasteiger partial charge in [0.25, 0.3) is 0 Å². The fourth-order valence-electron chi connectivity index (χ4n) is 2.02. The maximum absolute atomic E-state index is 10.2. The molecule has 1 N–H and O–H groups in total. The first-order chi connectivity index (χ1) is 8.24. The number of aromatic nitrogens is 2. The normalized spacial score (nSPS) is 12.7. The largest absolute Gasteiger partial charge is 0.493 e. The SMILES string of the molecule is CCCCCCC(O)c1c(OC)cnn1CC. The van der Waals surface area contributed by atoms with E-state index in [4.69, 9.17) is 4.74 Å². The number of rotatable bonds is 8. The lowest BCUT2D eigenvalue weighted by Crippen LogP contribution is -2.09. The molecule has 0 bridgehead atoms. The fourth-order valence-corrected chi connectivity index (χ4v) is 2.02. The average molecular weight is 240 g/mol. The predicted molar refractivity (Wildman–Crippen MR) is 68.2 cm³/mol. The second-order valence-electron chi connectivity index (χ2n) is 4.28. The van der Waals surface area contributed by atoms with Gasteiger partial charge in [0.15, 0.2) is 5.75 Å². The van der Waals surface area contributed by atoms with Crippen LogP contribution in [0.25, 0.3) is 0 Å². The van der Waals surface area contributed by atoms with Crippen molar-refractivity contribution >= 4 is 0 Å². The van der Waals surface area contributed by atoms with E-state index in [1.165, 1.54) is 19.3 Å². The van der Waals surface area contributed by atoms with E-state index in [0.717, 1.165) is 25.1 Å². The molecule has 4 nitrogen and oxygen atoms in total. The van der Waals surface area contributed by atoms with Gasteiger partial charge in [-0.15, -0.1) is 0 Å². The molecule has 0 saturated heterocycles. The molecule has 0 aliphatic heterocycles. The molecular formula is C13H24N2O2. The van der Waals surface area contributed by atoms with E-state index < -0.39 is 6.10 Å². The number of aliphatic hydroxyl groups excluding tert-OH is 1. The second-order valence-corrected chi connectivity index (χ2v) is 4.28. The maximum atomic E-state index is 10.2. The van der Waals surface area contributed by atoms with E-state index in [0.29, 0.717) is 5.75 Å². The summed E-state index contributed by atoms with van der Waals surface area (Å²) in [6.45, 7) is 4.95. The van der Waals surface area contributed by atoms with E-state index in [9.17, 15) is 5.11 Å². The van der Waals surface area contributed by atoms with Gasteiger partial charge in [-0.2, -0.15) is 5.10 Å². The first-order valence-corrected chi connectivity index (χ1v) is 6.52. The van der Waals surface area contributed by atoms with Crippen LogP contribution in [0.1, 0.15) is 57.7 Å². The number of aliphatic hydroxyl groups is 1. The van der Waals surface area contributed by atoms with Crippen LogP contribution in [0.2, 0.25) is 0 Å². The van der Waals surface area contributed by atoms with Crippen molar-refractivity contribution in [3.05, 3.63) is 11.9 Å². The molecule has 0 aliphatic rings. The van der Waals surface area contributed by atoms with Gasteiger partial charge in [-0.05, 0) is 13.3 Å². The van der Waals surface area contributed by atoms with Gasteiger partial charge in [0.2, 0.25) is 0 Å². The Bertz CT molecular complexity index is 302. The van der Waals surface area contributed by atoms with Crippen molar-refractivity contribution in [1.82, 2.24) is 9.78 Å². The third kappa shape index (κ3) is 3.73. The molecule has 0 radical (unpaired) electrons. The zero-order valence-electron chi connectivity index (χ0n) is 11.1. The molecule has 98 valence electrons. The summed E-state index contributed by atoms with van der Waals surface area (Å²) in [5.41, 5.74) is 0.812. The summed E-state index contributed by atoms with van der Waals surface area (Å²) in [6.07, 6.45) is 6.66. The fraction of sp³-hybridized carbons (Fsp3) is 0.769. The lowest BCUT2D eigenvalue weighted by molar-refractivity contribution is 0.148. The number of hydrogen-bond donors (Lipinski definition) is 1. The average Bonchev–Trinajstić information content (AvgIpc) is 2.77. The number of ether oxygens (including phenoxy) is 1. The highest BCUT2D eigenvalue weighted by Gasteiger charge is 2.18. The molecule has 1 rings (SSSR count). The Morgan fingerprint density at radius 3 is 2.71 bits per heavy atom. The minimum atomic E-state index is -0.468. The van der Waals surface area contributed by atoms with Gasteiger partial charge in [0.05, 0.1) is 19.4 Å². The van der Waals surface area contributed by atoms with Crippen molar-refractivity contribution < 1.29 is 9.84 Å². The van der Waals surface area contributed by atoms with Crippen LogP contribution in [0.15, 0.2) is 6.20 Å². The lowest BCUT2D eigenvalue weighted by Gasteiger charge is -2.14. The predicted octanol–water partition coefficient (Wildman–Crippen LogP) is 2.92. The Labute approximate surface area is 104 Å². The minimum Gasteiger partial charge on any atom is -0.493 e. The highest BCUT2D eigenvalue weighted by Crippen LogP contribution is 2.28. The summed E-state index contributed by atoms with van der Waals surface area (Å²) in [6, 6.07) is 0. The van der Waals surface area contributed by atoms with Gasteiger partial charge in [-0.25, -0.2) is 0 Å². The van der Waals surface area contributed by atoms with Crippen LogP contribution in [0.4, 0.5) is 0 Å². The summed E-state index contributed by atoms with van der Waals surface area (Å²) < 4.78 is 7.04. The minimum absolute atomic E-state index is 0.468. The maximum Gasteiger partial charge on any atom is 0.162 e. The van der Waals surface area contributed by atoms with E-state index >= 15 is 0 Å². The first kappa shape index (κ1) is 14.0. The molecule has 0 aliphatic carbocycles. The van der Waals surface area contributed by atoms with Crippen LogP contribution in [0.3, 0.4) is 0 Å². The number of unbranched alkanes of at least 4 members (excludes halogenated alkanes) is 3. The third-order valence-corrected chi connectivity index (χ3v) is 3.01. The van der Waals surface area contributed by atoms with Crippen molar-refractivity contribution in [2.75, 3.05) is 7.11 Å². The zero-order chi connectivity index (χ0) is 12.7. The van der Waals surface area contributed by atoms with Crippen LogP contribution in [0, 0.1) is 0 Å². The molecule has 0 amide bonds. The topological polar surface area (TPSA) is 47.3 Å². The molecule has 0 saturated carbocycles. The molecule has 4 heteroatoms.